The van der Waals surface area contributed by atoms with Crippen LogP contribution in [-0.2, 0) is 9.53 Å². The van der Waals surface area contributed by atoms with Gasteiger partial charge in [0.15, 0.2) is 6.10 Å². The van der Waals surface area contributed by atoms with Crippen LogP contribution in [0.2, 0.25) is 0 Å². The van der Waals surface area contributed by atoms with Crippen LogP contribution in [-0.4, -0.2) is 36.2 Å². The lowest BCUT2D eigenvalue weighted by Gasteiger charge is -2.14. The Morgan fingerprint density at radius 1 is 1.40 bits per heavy atom. The van der Waals surface area contributed by atoms with Gasteiger partial charge in [-0.3, -0.25) is 4.79 Å². The van der Waals surface area contributed by atoms with Crippen molar-refractivity contribution in [2.45, 2.75) is 31.9 Å². The number of ether oxygens (including phenoxy) is 2. The Bertz CT molecular complexity index is 524. The first kappa shape index (κ1) is 14.2. The molecule has 20 heavy (non-hydrogen) atoms. The lowest BCUT2D eigenvalue weighted by molar-refractivity contribution is -0.129. The summed E-state index contributed by atoms with van der Waals surface area (Å²) in [5, 5.41) is 12.5. The van der Waals surface area contributed by atoms with Gasteiger partial charge in [-0.2, -0.15) is 0 Å². The maximum atomic E-state index is 11.9. The van der Waals surface area contributed by atoms with Gasteiger partial charge < -0.3 is 19.9 Å². The molecule has 108 valence electrons. The Morgan fingerprint density at radius 2 is 2.10 bits per heavy atom. The molecule has 0 aromatic heterocycles. The van der Waals surface area contributed by atoms with Crippen LogP contribution in [0.15, 0.2) is 18.2 Å². The zero-order chi connectivity index (χ0) is 14.7. The summed E-state index contributed by atoms with van der Waals surface area (Å²) >= 11 is 0. The zero-order valence-electron chi connectivity index (χ0n) is 11.4. The number of carbonyl (C=O) groups is 2. The van der Waals surface area contributed by atoms with E-state index in [0.29, 0.717) is 5.75 Å². The lowest BCUT2D eigenvalue weighted by Crippen LogP contribution is -2.37. The number of phenols is 1. The maximum Gasteiger partial charge on any atom is 0.342 e. The van der Waals surface area contributed by atoms with E-state index in [0.717, 1.165) is 12.8 Å². The Morgan fingerprint density at radius 3 is 2.65 bits per heavy atom. The van der Waals surface area contributed by atoms with Crippen LogP contribution in [0.4, 0.5) is 0 Å². The monoisotopic (exact) mass is 279 g/mol. The topological polar surface area (TPSA) is 84.9 Å². The summed E-state index contributed by atoms with van der Waals surface area (Å²) in [5.74, 6) is -0.889. The van der Waals surface area contributed by atoms with Crippen molar-refractivity contribution in [3.63, 3.8) is 0 Å². The third-order valence-electron chi connectivity index (χ3n) is 3.00. The third kappa shape index (κ3) is 3.40. The van der Waals surface area contributed by atoms with Crippen LogP contribution < -0.4 is 10.1 Å². The van der Waals surface area contributed by atoms with Crippen LogP contribution in [0.1, 0.15) is 30.1 Å². The van der Waals surface area contributed by atoms with E-state index in [-0.39, 0.29) is 23.3 Å². The Labute approximate surface area is 116 Å². The molecule has 0 heterocycles. The summed E-state index contributed by atoms with van der Waals surface area (Å²) in [6.45, 7) is 1.50. The minimum atomic E-state index is -0.899. The van der Waals surface area contributed by atoms with Crippen molar-refractivity contribution in [1.29, 1.82) is 0 Å². The fraction of sp³-hybridized carbons (Fsp3) is 0.429. The summed E-state index contributed by atoms with van der Waals surface area (Å²) in [6.07, 6.45) is 1.03. The average molecular weight is 279 g/mol. The largest absolute Gasteiger partial charge is 0.507 e. The van der Waals surface area contributed by atoms with E-state index in [9.17, 15) is 14.7 Å². The highest BCUT2D eigenvalue weighted by molar-refractivity contribution is 5.94. The van der Waals surface area contributed by atoms with Crippen molar-refractivity contribution < 1.29 is 24.2 Å². The summed E-state index contributed by atoms with van der Waals surface area (Å²) < 4.78 is 9.95. The predicted octanol–water partition coefficient (Wildman–Crippen LogP) is 1.22. The first-order valence-corrected chi connectivity index (χ1v) is 6.39. The second-order valence-corrected chi connectivity index (χ2v) is 4.71. The van der Waals surface area contributed by atoms with Gasteiger partial charge in [0.05, 0.1) is 7.11 Å². The molecule has 2 N–H and O–H groups in total. The number of carbonyl (C=O) groups excluding carboxylic acids is 2. The summed E-state index contributed by atoms with van der Waals surface area (Å²) in [7, 11) is 1.46. The highest BCUT2D eigenvalue weighted by Gasteiger charge is 2.27. The van der Waals surface area contributed by atoms with Gasteiger partial charge in [0.25, 0.3) is 5.91 Å². The van der Waals surface area contributed by atoms with E-state index in [2.05, 4.69) is 5.32 Å². The van der Waals surface area contributed by atoms with Gasteiger partial charge in [-0.25, -0.2) is 4.79 Å². The molecule has 1 atom stereocenters. The van der Waals surface area contributed by atoms with E-state index >= 15 is 0 Å². The molecule has 1 fully saturated rings. The van der Waals surface area contributed by atoms with Crippen LogP contribution in [0.3, 0.4) is 0 Å². The quantitative estimate of drug-likeness (QED) is 0.792. The molecule has 6 heteroatoms. The van der Waals surface area contributed by atoms with Crippen LogP contribution in [0, 0.1) is 0 Å². The first-order valence-electron chi connectivity index (χ1n) is 6.39. The number of phenolic OH excluding ortho intramolecular Hbond substituents is 1. The smallest absolute Gasteiger partial charge is 0.342 e. The molecule has 1 saturated carbocycles. The second kappa shape index (κ2) is 5.81. The van der Waals surface area contributed by atoms with Gasteiger partial charge in [-0.05, 0) is 31.9 Å². The standard InChI is InChI=1S/C14H17NO5/c1-8(13(17)15-9-3-4-9)20-14(18)11-6-5-10(19-2)7-12(11)16/h5-9,16H,3-4H2,1-2H3,(H,15,17)/t8-/m0/s1. The number of benzene rings is 1. The Balaban J connectivity index is 1.98. The van der Waals surface area contributed by atoms with Crippen LogP contribution >= 0.6 is 0 Å². The van der Waals surface area contributed by atoms with Crippen molar-refractivity contribution in [2.75, 3.05) is 7.11 Å². The Kier molecular flexibility index (Phi) is 4.12. The first-order chi connectivity index (χ1) is 9.51. The van der Waals surface area contributed by atoms with Gasteiger partial charge in [0.1, 0.15) is 17.1 Å². The molecule has 1 aliphatic carbocycles. The molecule has 2 rings (SSSR count). The fourth-order valence-electron chi connectivity index (χ4n) is 1.63. The molecule has 1 amide bonds. The van der Waals surface area contributed by atoms with E-state index in [1.165, 1.54) is 32.2 Å². The van der Waals surface area contributed by atoms with Gasteiger partial charge in [0, 0.05) is 12.1 Å². The van der Waals surface area contributed by atoms with E-state index in [1.54, 1.807) is 0 Å². The predicted molar refractivity (Wildman–Crippen MR) is 70.7 cm³/mol. The molecule has 0 aliphatic heterocycles. The minimum Gasteiger partial charge on any atom is -0.507 e. The molecule has 0 saturated heterocycles. The van der Waals surface area contributed by atoms with Crippen LogP contribution in [0.25, 0.3) is 0 Å². The summed E-state index contributed by atoms with van der Waals surface area (Å²) in [5.41, 5.74) is -0.00290. The normalized spacial score (nSPS) is 15.3. The number of hydrogen-bond donors (Lipinski definition) is 2. The fourth-order valence-corrected chi connectivity index (χ4v) is 1.63. The van der Waals surface area contributed by atoms with Crippen molar-refractivity contribution in [3.8, 4) is 11.5 Å². The number of amides is 1. The highest BCUT2D eigenvalue weighted by Crippen LogP contribution is 2.24. The number of nitrogens with one attached hydrogen (secondary N) is 1. The van der Waals surface area contributed by atoms with Gasteiger partial charge in [-0.1, -0.05) is 0 Å². The molecule has 0 bridgehead atoms. The third-order valence-corrected chi connectivity index (χ3v) is 3.00. The molecule has 0 spiro atoms. The molecule has 1 aromatic rings. The molecule has 6 nitrogen and oxygen atoms in total. The number of aromatic hydroxyl groups is 1. The SMILES string of the molecule is COc1ccc(C(=O)O[C@@H](C)C(=O)NC2CC2)c(O)c1. The van der Waals surface area contributed by atoms with Crippen molar-refractivity contribution >= 4 is 11.9 Å². The van der Waals surface area contributed by atoms with E-state index in [1.807, 2.05) is 0 Å². The van der Waals surface area contributed by atoms with E-state index in [4.69, 9.17) is 9.47 Å². The van der Waals surface area contributed by atoms with Crippen molar-refractivity contribution in [1.82, 2.24) is 5.32 Å². The number of rotatable bonds is 5. The summed E-state index contributed by atoms with van der Waals surface area (Å²) in [4.78, 5) is 23.6. The number of hydrogen-bond acceptors (Lipinski definition) is 5. The summed E-state index contributed by atoms with van der Waals surface area (Å²) in [6, 6.07) is 4.44. The zero-order valence-corrected chi connectivity index (χ0v) is 11.4. The van der Waals surface area contributed by atoms with Gasteiger partial charge in [0.2, 0.25) is 0 Å². The molecule has 0 unspecified atom stereocenters. The molecular weight excluding hydrogens is 262 g/mol. The molecule has 0 radical (unpaired) electrons. The minimum absolute atomic E-state index is 0.00290. The van der Waals surface area contributed by atoms with Crippen LogP contribution in [0.5, 0.6) is 11.5 Å². The molecule has 1 aliphatic rings. The van der Waals surface area contributed by atoms with E-state index < -0.39 is 12.1 Å². The lowest BCUT2D eigenvalue weighted by atomic mass is 10.2. The second-order valence-electron chi connectivity index (χ2n) is 4.71. The van der Waals surface area contributed by atoms with Crippen molar-refractivity contribution in [2.24, 2.45) is 0 Å². The molecule has 1 aromatic carbocycles. The van der Waals surface area contributed by atoms with Gasteiger partial charge in [-0.15, -0.1) is 0 Å². The highest BCUT2D eigenvalue weighted by atomic mass is 16.5. The average Bonchev–Trinajstić information content (AvgIpc) is 3.22. The molecular formula is C14H17NO5. The maximum absolute atomic E-state index is 11.9. The Hall–Kier alpha value is -2.24. The van der Waals surface area contributed by atoms with Crippen molar-refractivity contribution in [3.05, 3.63) is 23.8 Å². The van der Waals surface area contributed by atoms with Gasteiger partial charge >= 0.3 is 5.97 Å². The number of methoxy groups -OCH3 is 1. The number of esters is 1.